The van der Waals surface area contributed by atoms with Crippen LogP contribution in [-0.4, -0.2) is 24.1 Å². The molecule has 0 N–H and O–H groups in total. The summed E-state index contributed by atoms with van der Waals surface area (Å²) >= 11 is 0. The topological polar surface area (TPSA) is 48.5 Å². The summed E-state index contributed by atoms with van der Waals surface area (Å²) in [4.78, 5) is 15.8. The zero-order valence-electron chi connectivity index (χ0n) is 29.1. The van der Waals surface area contributed by atoms with E-state index in [2.05, 4.69) is 179 Å². The fourth-order valence-corrected chi connectivity index (χ4v) is 8.15. The largest absolute Gasteiger partial charge is 0.309 e. The molecule has 0 radical (unpaired) electrons. The first-order valence-corrected chi connectivity index (χ1v) is 18.2. The molecule has 0 unspecified atom stereocenters. The van der Waals surface area contributed by atoms with Gasteiger partial charge in [-0.25, -0.2) is 15.0 Å². The molecule has 5 heteroatoms. The van der Waals surface area contributed by atoms with E-state index in [0.717, 1.165) is 66.3 Å². The summed E-state index contributed by atoms with van der Waals surface area (Å²) in [6.45, 7) is 0. The van der Waals surface area contributed by atoms with Gasteiger partial charge in [-0.3, -0.25) is 0 Å². The number of hydrogen-bond acceptors (Lipinski definition) is 3. The van der Waals surface area contributed by atoms with Crippen LogP contribution in [0.1, 0.15) is 0 Å². The average Bonchev–Trinajstić information content (AvgIpc) is 3.76. The lowest BCUT2D eigenvalue weighted by atomic mass is 10.0. The first-order chi connectivity index (χ1) is 26.8. The number of rotatable bonds is 5. The lowest BCUT2D eigenvalue weighted by Gasteiger charge is -2.17. The molecule has 0 aliphatic carbocycles. The van der Waals surface area contributed by atoms with Gasteiger partial charge in [0.25, 0.3) is 0 Å². The summed E-state index contributed by atoms with van der Waals surface area (Å²) in [5.74, 6) is 1.87. The van der Waals surface area contributed by atoms with Crippen molar-refractivity contribution in [2.24, 2.45) is 0 Å². The van der Waals surface area contributed by atoms with E-state index < -0.39 is 0 Å². The van der Waals surface area contributed by atoms with Crippen molar-refractivity contribution < 1.29 is 0 Å². The molecule has 252 valence electrons. The summed E-state index contributed by atoms with van der Waals surface area (Å²) in [5, 5.41) is 7.01. The molecule has 8 aromatic carbocycles. The van der Waals surface area contributed by atoms with E-state index in [1.807, 2.05) is 18.2 Å². The van der Waals surface area contributed by atoms with Crippen LogP contribution in [0.25, 0.3) is 99.9 Å². The summed E-state index contributed by atoms with van der Waals surface area (Å²) in [7, 11) is 0. The maximum absolute atomic E-state index is 5.35. The van der Waals surface area contributed by atoms with Crippen molar-refractivity contribution in [1.29, 1.82) is 0 Å². The number of para-hydroxylation sites is 4. The van der Waals surface area contributed by atoms with Crippen LogP contribution in [0.2, 0.25) is 0 Å². The van der Waals surface area contributed by atoms with Crippen LogP contribution >= 0.6 is 0 Å². The third-order valence-corrected chi connectivity index (χ3v) is 10.6. The van der Waals surface area contributed by atoms with Gasteiger partial charge in [-0.05, 0) is 60.0 Å². The molecule has 11 aromatic rings. The Kier molecular flexibility index (Phi) is 6.79. The summed E-state index contributed by atoms with van der Waals surface area (Å²) in [6, 6.07) is 66.1. The zero-order valence-corrected chi connectivity index (χ0v) is 29.1. The lowest BCUT2D eigenvalue weighted by molar-refractivity contribution is 1.07. The number of hydrogen-bond donors (Lipinski definition) is 0. The highest BCUT2D eigenvalue weighted by atomic mass is 15.1. The molecule has 0 spiro atoms. The minimum atomic E-state index is 0.619. The maximum atomic E-state index is 5.35. The van der Waals surface area contributed by atoms with Crippen LogP contribution < -0.4 is 0 Å². The zero-order chi connectivity index (χ0) is 35.6. The van der Waals surface area contributed by atoms with Crippen LogP contribution in [0.3, 0.4) is 0 Å². The Hall–Kier alpha value is -7.37. The molecule has 0 saturated carbocycles. The fraction of sp³-hybridized carbons (Fsp3) is 0. The van der Waals surface area contributed by atoms with Crippen LogP contribution in [0.15, 0.2) is 188 Å². The third kappa shape index (κ3) is 4.69. The number of fused-ring (bicyclic) bond motifs is 7. The molecule has 0 aliphatic rings. The molecule has 5 nitrogen and oxygen atoms in total. The van der Waals surface area contributed by atoms with Gasteiger partial charge in [0.2, 0.25) is 0 Å². The number of aromatic nitrogens is 5. The summed E-state index contributed by atoms with van der Waals surface area (Å²) < 4.78 is 4.72. The standard InChI is InChI=1S/C49H31N5/c1-3-16-33(17-4-1)47-50-48(34-28-30-45-41(31-34)39-23-11-12-24-42(39)53(45)35-18-5-2-6-19-35)52-49(51-47)40-29-27-32-15-7-8-20-36(32)46(40)54-43-25-13-9-21-37(43)38-22-10-14-26-44(38)54/h1-31H. The van der Waals surface area contributed by atoms with Crippen molar-refractivity contribution in [2.75, 3.05) is 0 Å². The Bertz CT molecular complexity index is 3160. The second-order valence-electron chi connectivity index (χ2n) is 13.6. The first kappa shape index (κ1) is 30.3. The Morgan fingerprint density at radius 1 is 0.315 bits per heavy atom. The van der Waals surface area contributed by atoms with Gasteiger partial charge in [0.15, 0.2) is 17.5 Å². The van der Waals surface area contributed by atoms with Gasteiger partial charge in [-0.2, -0.15) is 0 Å². The quantitative estimate of drug-likeness (QED) is 0.181. The highest BCUT2D eigenvalue weighted by Gasteiger charge is 2.22. The van der Waals surface area contributed by atoms with Crippen LogP contribution in [0, 0.1) is 0 Å². The minimum Gasteiger partial charge on any atom is -0.309 e. The second-order valence-corrected chi connectivity index (χ2v) is 13.6. The summed E-state index contributed by atoms with van der Waals surface area (Å²) in [5.41, 5.74) is 9.52. The molecule has 0 fully saturated rings. The molecule has 3 aromatic heterocycles. The molecule has 11 rings (SSSR count). The Morgan fingerprint density at radius 2 is 0.815 bits per heavy atom. The van der Waals surface area contributed by atoms with Crippen molar-refractivity contribution in [2.45, 2.75) is 0 Å². The molecule has 0 amide bonds. The molecule has 54 heavy (non-hydrogen) atoms. The van der Waals surface area contributed by atoms with Gasteiger partial charge in [-0.15, -0.1) is 0 Å². The van der Waals surface area contributed by atoms with Gasteiger partial charge in [0.05, 0.1) is 27.8 Å². The Labute approximate surface area is 311 Å². The second kappa shape index (κ2) is 12.1. The van der Waals surface area contributed by atoms with E-state index in [1.165, 1.54) is 16.2 Å². The monoisotopic (exact) mass is 689 g/mol. The van der Waals surface area contributed by atoms with E-state index in [-0.39, 0.29) is 0 Å². The van der Waals surface area contributed by atoms with Crippen molar-refractivity contribution >= 4 is 54.4 Å². The van der Waals surface area contributed by atoms with Gasteiger partial charge < -0.3 is 9.13 Å². The molecular weight excluding hydrogens is 659 g/mol. The van der Waals surface area contributed by atoms with Crippen LogP contribution in [-0.2, 0) is 0 Å². The molecule has 0 saturated heterocycles. The average molecular weight is 690 g/mol. The van der Waals surface area contributed by atoms with E-state index in [0.29, 0.717) is 17.5 Å². The molecule has 0 bridgehead atoms. The fourth-order valence-electron chi connectivity index (χ4n) is 8.15. The van der Waals surface area contributed by atoms with E-state index >= 15 is 0 Å². The molecule has 0 atom stereocenters. The van der Waals surface area contributed by atoms with Gasteiger partial charge in [-0.1, -0.05) is 133 Å². The van der Waals surface area contributed by atoms with Crippen molar-refractivity contribution in [3.63, 3.8) is 0 Å². The number of benzene rings is 8. The molecular formula is C49H31N5. The van der Waals surface area contributed by atoms with Crippen molar-refractivity contribution in [1.82, 2.24) is 24.1 Å². The van der Waals surface area contributed by atoms with Gasteiger partial charge >= 0.3 is 0 Å². The minimum absolute atomic E-state index is 0.619. The van der Waals surface area contributed by atoms with Crippen LogP contribution in [0.4, 0.5) is 0 Å². The van der Waals surface area contributed by atoms with E-state index in [4.69, 9.17) is 15.0 Å². The third-order valence-electron chi connectivity index (χ3n) is 10.6. The molecule has 0 aliphatic heterocycles. The van der Waals surface area contributed by atoms with Crippen molar-refractivity contribution in [3.05, 3.63) is 188 Å². The molecule has 3 heterocycles. The van der Waals surface area contributed by atoms with Gasteiger partial charge in [0, 0.05) is 49.3 Å². The predicted octanol–water partition coefficient (Wildman–Crippen LogP) is 12.2. The van der Waals surface area contributed by atoms with E-state index in [1.54, 1.807) is 0 Å². The SMILES string of the molecule is c1ccc(-c2nc(-c3ccc4c(c3)c3ccccc3n4-c3ccccc3)nc(-c3ccc4ccccc4c3-n3c4ccccc4c4ccccc43)n2)cc1. The van der Waals surface area contributed by atoms with Crippen molar-refractivity contribution in [3.8, 4) is 45.5 Å². The van der Waals surface area contributed by atoms with E-state index in [9.17, 15) is 0 Å². The number of nitrogens with zero attached hydrogens (tertiary/aromatic N) is 5. The maximum Gasteiger partial charge on any atom is 0.166 e. The first-order valence-electron chi connectivity index (χ1n) is 18.2. The summed E-state index contributed by atoms with van der Waals surface area (Å²) in [6.07, 6.45) is 0. The smallest absolute Gasteiger partial charge is 0.166 e. The lowest BCUT2D eigenvalue weighted by Crippen LogP contribution is -2.04. The Balaban J connectivity index is 1.20. The Morgan fingerprint density at radius 3 is 1.50 bits per heavy atom. The highest BCUT2D eigenvalue weighted by molar-refractivity contribution is 6.12. The highest BCUT2D eigenvalue weighted by Crippen LogP contribution is 2.40. The van der Waals surface area contributed by atoms with Gasteiger partial charge in [0.1, 0.15) is 0 Å². The van der Waals surface area contributed by atoms with Crippen LogP contribution in [0.5, 0.6) is 0 Å². The normalized spacial score (nSPS) is 11.7. The predicted molar refractivity (Wildman–Crippen MR) is 222 cm³/mol.